The summed E-state index contributed by atoms with van der Waals surface area (Å²) < 4.78 is 4.56. The summed E-state index contributed by atoms with van der Waals surface area (Å²) in [5, 5.41) is 12.7. The van der Waals surface area contributed by atoms with Crippen molar-refractivity contribution in [3.8, 4) is 0 Å². The summed E-state index contributed by atoms with van der Waals surface area (Å²) >= 11 is 5.74. The van der Waals surface area contributed by atoms with Crippen LogP contribution in [0, 0.1) is 0 Å². The van der Waals surface area contributed by atoms with Crippen LogP contribution in [0.15, 0.2) is 54.6 Å². The van der Waals surface area contributed by atoms with Crippen molar-refractivity contribution in [2.24, 2.45) is 0 Å². The van der Waals surface area contributed by atoms with Crippen molar-refractivity contribution in [1.29, 1.82) is 0 Å². The fraction of sp³-hybridized carbons (Fsp3) is 0.0556. The van der Waals surface area contributed by atoms with Gasteiger partial charge >= 0.3 is 5.97 Å². The smallest absolute Gasteiger partial charge is 0.337 e. The van der Waals surface area contributed by atoms with E-state index in [1.807, 2.05) is 0 Å². The van der Waals surface area contributed by atoms with Gasteiger partial charge < -0.3 is 15.2 Å². The third-order valence-electron chi connectivity index (χ3n) is 3.20. The molecule has 7 heteroatoms. The summed E-state index contributed by atoms with van der Waals surface area (Å²) in [6.07, 6.45) is 0.821. The fourth-order valence-corrected chi connectivity index (χ4v) is 2.02. The first-order valence-corrected chi connectivity index (χ1v) is 7.49. The van der Waals surface area contributed by atoms with Crippen LogP contribution in [-0.2, 0) is 14.3 Å². The van der Waals surface area contributed by atoms with Gasteiger partial charge in [-0.05, 0) is 48.5 Å². The van der Waals surface area contributed by atoms with Gasteiger partial charge in [-0.2, -0.15) is 0 Å². The molecule has 0 spiro atoms. The number of benzene rings is 2. The molecule has 0 aliphatic carbocycles. The monoisotopic (exact) mass is 359 g/mol. The molecule has 0 fully saturated rings. The standard InChI is InChI=1S/C18H14ClNO5/c1-25-18(24)12-4-8-14(9-5-12)20-17(23)16(22)10-15(21)11-2-6-13(19)7-3-11/h2-10,21H,1H3,(H,20,23)/b15-10-. The van der Waals surface area contributed by atoms with E-state index < -0.39 is 17.7 Å². The van der Waals surface area contributed by atoms with Crippen LogP contribution >= 0.6 is 11.6 Å². The Morgan fingerprint density at radius 1 is 1.00 bits per heavy atom. The summed E-state index contributed by atoms with van der Waals surface area (Å²) in [4.78, 5) is 35.1. The number of esters is 1. The highest BCUT2D eigenvalue weighted by Gasteiger charge is 2.14. The second kappa shape index (κ2) is 8.12. The summed E-state index contributed by atoms with van der Waals surface area (Å²) in [6, 6.07) is 12.0. The van der Waals surface area contributed by atoms with Gasteiger partial charge in [-0.25, -0.2) is 4.79 Å². The molecule has 0 saturated carbocycles. The largest absolute Gasteiger partial charge is 0.507 e. The number of ether oxygens (including phenoxy) is 1. The molecule has 2 aromatic carbocycles. The maximum atomic E-state index is 11.9. The first kappa shape index (κ1) is 18.2. The second-order valence-corrected chi connectivity index (χ2v) is 5.36. The number of nitrogens with one attached hydrogen (secondary N) is 1. The lowest BCUT2D eigenvalue weighted by atomic mass is 10.1. The molecule has 25 heavy (non-hydrogen) atoms. The molecule has 2 rings (SSSR count). The Bertz CT molecular complexity index is 826. The predicted molar refractivity (Wildman–Crippen MR) is 93.5 cm³/mol. The average molecular weight is 360 g/mol. The van der Waals surface area contributed by atoms with Gasteiger partial charge in [0.2, 0.25) is 5.78 Å². The third kappa shape index (κ3) is 4.92. The van der Waals surface area contributed by atoms with E-state index in [1.54, 1.807) is 12.1 Å². The number of anilines is 1. The van der Waals surface area contributed by atoms with Gasteiger partial charge in [-0.15, -0.1) is 0 Å². The van der Waals surface area contributed by atoms with Crippen molar-refractivity contribution >= 4 is 40.7 Å². The number of hydrogen-bond acceptors (Lipinski definition) is 5. The zero-order valence-electron chi connectivity index (χ0n) is 13.2. The minimum Gasteiger partial charge on any atom is -0.507 e. The Kier molecular flexibility index (Phi) is 5.92. The van der Waals surface area contributed by atoms with Crippen LogP contribution in [0.4, 0.5) is 5.69 Å². The minimum absolute atomic E-state index is 0.312. The van der Waals surface area contributed by atoms with E-state index in [9.17, 15) is 19.5 Å². The Balaban J connectivity index is 2.04. The molecule has 2 N–H and O–H groups in total. The van der Waals surface area contributed by atoms with Crippen LogP contribution in [0.1, 0.15) is 15.9 Å². The number of aliphatic hydroxyl groups is 1. The molecule has 0 aromatic heterocycles. The second-order valence-electron chi connectivity index (χ2n) is 4.92. The van der Waals surface area contributed by atoms with Gasteiger partial charge in [0.1, 0.15) is 5.76 Å². The Morgan fingerprint density at radius 3 is 2.12 bits per heavy atom. The number of hydrogen-bond donors (Lipinski definition) is 2. The number of rotatable bonds is 5. The van der Waals surface area contributed by atoms with Crippen LogP contribution in [0.3, 0.4) is 0 Å². The normalized spacial score (nSPS) is 10.9. The van der Waals surface area contributed by atoms with Gasteiger partial charge in [-0.3, -0.25) is 9.59 Å². The molecule has 0 atom stereocenters. The van der Waals surface area contributed by atoms with Crippen molar-refractivity contribution in [3.63, 3.8) is 0 Å². The Labute approximate surface area is 148 Å². The summed E-state index contributed by atoms with van der Waals surface area (Å²) in [5.41, 5.74) is 0.991. The van der Waals surface area contributed by atoms with Gasteiger partial charge in [0.05, 0.1) is 12.7 Å². The van der Waals surface area contributed by atoms with Crippen molar-refractivity contribution in [3.05, 3.63) is 70.8 Å². The summed E-state index contributed by atoms with van der Waals surface area (Å²) in [7, 11) is 1.26. The molecule has 2 aromatic rings. The van der Waals surface area contributed by atoms with E-state index >= 15 is 0 Å². The number of methoxy groups -OCH3 is 1. The molecule has 0 aliphatic rings. The first-order chi connectivity index (χ1) is 11.9. The van der Waals surface area contributed by atoms with Crippen LogP contribution < -0.4 is 5.32 Å². The number of carbonyl (C=O) groups is 3. The Morgan fingerprint density at radius 2 is 1.56 bits per heavy atom. The zero-order chi connectivity index (χ0) is 18.4. The molecule has 0 unspecified atom stereocenters. The first-order valence-electron chi connectivity index (χ1n) is 7.11. The number of halogens is 1. The molecule has 1 amide bonds. The lowest BCUT2D eigenvalue weighted by Gasteiger charge is -2.05. The van der Waals surface area contributed by atoms with Gasteiger partial charge in [0.25, 0.3) is 5.91 Å². The van der Waals surface area contributed by atoms with Crippen LogP contribution in [0.2, 0.25) is 5.02 Å². The number of aliphatic hydroxyl groups excluding tert-OH is 1. The van der Waals surface area contributed by atoms with E-state index in [2.05, 4.69) is 10.1 Å². The molecule has 6 nitrogen and oxygen atoms in total. The van der Waals surface area contributed by atoms with E-state index in [0.29, 0.717) is 21.8 Å². The van der Waals surface area contributed by atoms with Crippen LogP contribution in [0.5, 0.6) is 0 Å². The highest BCUT2D eigenvalue weighted by atomic mass is 35.5. The number of amides is 1. The lowest BCUT2D eigenvalue weighted by molar-refractivity contribution is -0.131. The minimum atomic E-state index is -0.926. The molecule has 0 saturated heterocycles. The average Bonchev–Trinajstić information content (AvgIpc) is 2.62. The van der Waals surface area contributed by atoms with E-state index in [4.69, 9.17) is 11.6 Å². The zero-order valence-corrected chi connectivity index (χ0v) is 13.9. The van der Waals surface area contributed by atoms with E-state index in [0.717, 1.165) is 6.08 Å². The van der Waals surface area contributed by atoms with E-state index in [-0.39, 0.29) is 5.76 Å². The maximum Gasteiger partial charge on any atom is 0.337 e. The molecule has 0 bridgehead atoms. The highest BCUT2D eigenvalue weighted by Crippen LogP contribution is 2.16. The fourth-order valence-electron chi connectivity index (χ4n) is 1.89. The number of ketones is 1. The van der Waals surface area contributed by atoms with Gasteiger partial charge in [0.15, 0.2) is 0 Å². The molecular formula is C18H14ClNO5. The topological polar surface area (TPSA) is 92.7 Å². The quantitative estimate of drug-likeness (QED) is 0.370. The van der Waals surface area contributed by atoms with Crippen LogP contribution in [-0.4, -0.2) is 29.9 Å². The summed E-state index contributed by atoms with van der Waals surface area (Å²) in [6.45, 7) is 0. The molecular weight excluding hydrogens is 346 g/mol. The molecule has 0 aliphatic heterocycles. The SMILES string of the molecule is COC(=O)c1ccc(NC(=O)C(=O)/C=C(\O)c2ccc(Cl)cc2)cc1. The number of carbonyl (C=O) groups excluding carboxylic acids is 3. The Hall–Kier alpha value is -3.12. The van der Waals surface area contributed by atoms with Crippen molar-refractivity contribution in [2.45, 2.75) is 0 Å². The van der Waals surface area contributed by atoms with Crippen molar-refractivity contribution in [2.75, 3.05) is 12.4 Å². The van der Waals surface area contributed by atoms with E-state index in [1.165, 1.54) is 43.5 Å². The third-order valence-corrected chi connectivity index (χ3v) is 3.45. The maximum absolute atomic E-state index is 11.9. The van der Waals surface area contributed by atoms with Gasteiger partial charge in [-0.1, -0.05) is 11.6 Å². The molecule has 0 heterocycles. The lowest BCUT2D eigenvalue weighted by Crippen LogP contribution is -2.21. The van der Waals surface area contributed by atoms with Crippen molar-refractivity contribution in [1.82, 2.24) is 0 Å². The van der Waals surface area contributed by atoms with Gasteiger partial charge in [0, 0.05) is 22.3 Å². The molecule has 128 valence electrons. The predicted octanol–water partition coefficient (Wildman–Crippen LogP) is 3.23. The van der Waals surface area contributed by atoms with Crippen molar-refractivity contribution < 1.29 is 24.2 Å². The highest BCUT2D eigenvalue weighted by molar-refractivity contribution is 6.45. The van der Waals surface area contributed by atoms with Crippen LogP contribution in [0.25, 0.3) is 5.76 Å². The molecule has 0 radical (unpaired) electrons. The summed E-state index contributed by atoms with van der Waals surface area (Å²) in [5.74, 6) is -2.71.